The third-order valence-corrected chi connectivity index (χ3v) is 2.39. The highest BCUT2D eigenvalue weighted by atomic mass is 32.2. The Morgan fingerprint density at radius 1 is 1.41 bits per heavy atom. The summed E-state index contributed by atoms with van der Waals surface area (Å²) in [7, 11) is -4.39. The minimum absolute atomic E-state index is 0.00220. The van der Waals surface area contributed by atoms with Gasteiger partial charge in [0.1, 0.15) is 6.61 Å². The Kier molecular flexibility index (Phi) is 3.88. The van der Waals surface area contributed by atoms with Gasteiger partial charge in [-0.05, 0) is 0 Å². The smallest absolute Gasteiger partial charge is 0.377 e. The predicted octanol–water partition coefficient (Wildman–Crippen LogP) is 0.851. The van der Waals surface area contributed by atoms with Crippen molar-refractivity contribution in [1.82, 2.24) is 9.97 Å². The van der Waals surface area contributed by atoms with Gasteiger partial charge in [-0.15, -0.1) is 0 Å². The topological polar surface area (TPSA) is 78.4 Å². The van der Waals surface area contributed by atoms with Crippen LogP contribution in [0.3, 0.4) is 0 Å². The van der Waals surface area contributed by atoms with E-state index in [1.807, 2.05) is 0 Å². The summed E-state index contributed by atoms with van der Waals surface area (Å²) >= 11 is 0. The van der Waals surface area contributed by atoms with Gasteiger partial charge in [-0.25, -0.2) is 4.98 Å². The summed E-state index contributed by atoms with van der Waals surface area (Å²) in [5.41, 5.74) is -5.50. The van der Waals surface area contributed by atoms with Gasteiger partial charge in [0, 0.05) is 19.4 Å². The van der Waals surface area contributed by atoms with Gasteiger partial charge >= 0.3 is 15.6 Å². The van der Waals surface area contributed by atoms with Crippen molar-refractivity contribution in [2.75, 3.05) is 7.11 Å². The summed E-state index contributed by atoms with van der Waals surface area (Å²) in [6.45, 7) is -0.0801. The molecule has 17 heavy (non-hydrogen) atoms. The first-order chi connectivity index (χ1) is 7.76. The standard InChI is InChI=1S/C7H7F3N2O4S/c1-15-4-5-11-3-2-6(12-5)16-17(13,14)7(8,9)10/h2-3H,4H2,1H3. The first kappa shape index (κ1) is 13.6. The van der Waals surface area contributed by atoms with E-state index in [0.29, 0.717) is 0 Å². The first-order valence-electron chi connectivity index (χ1n) is 4.08. The molecule has 0 aliphatic carbocycles. The van der Waals surface area contributed by atoms with Gasteiger partial charge in [0.05, 0.1) is 0 Å². The molecule has 1 aromatic rings. The van der Waals surface area contributed by atoms with Crippen LogP contribution in [0.2, 0.25) is 0 Å². The molecule has 0 fully saturated rings. The Morgan fingerprint density at radius 3 is 2.59 bits per heavy atom. The monoisotopic (exact) mass is 272 g/mol. The maximum Gasteiger partial charge on any atom is 0.534 e. The molecule has 1 rings (SSSR count). The van der Waals surface area contributed by atoms with Gasteiger partial charge in [0.15, 0.2) is 5.82 Å². The van der Waals surface area contributed by atoms with E-state index in [2.05, 4.69) is 18.9 Å². The van der Waals surface area contributed by atoms with Crippen molar-refractivity contribution in [1.29, 1.82) is 0 Å². The molecule has 0 aliphatic rings. The Balaban J connectivity index is 2.93. The number of aromatic nitrogens is 2. The summed E-state index contributed by atoms with van der Waals surface area (Å²) in [4.78, 5) is 7.05. The van der Waals surface area contributed by atoms with Crippen LogP contribution in [-0.2, 0) is 21.5 Å². The number of ether oxygens (including phenoxy) is 1. The average molecular weight is 272 g/mol. The second kappa shape index (κ2) is 4.84. The van der Waals surface area contributed by atoms with Gasteiger partial charge < -0.3 is 8.92 Å². The van der Waals surface area contributed by atoms with Crippen LogP contribution in [0, 0.1) is 0 Å². The van der Waals surface area contributed by atoms with E-state index in [1.54, 1.807) is 0 Å². The molecule has 0 N–H and O–H groups in total. The Hall–Kier alpha value is -1.42. The zero-order chi connectivity index (χ0) is 13.1. The molecule has 0 atom stereocenters. The van der Waals surface area contributed by atoms with Crippen LogP contribution in [0.1, 0.15) is 5.82 Å². The molecule has 10 heteroatoms. The Labute approximate surface area is 94.5 Å². The van der Waals surface area contributed by atoms with Gasteiger partial charge in [0.25, 0.3) is 0 Å². The Morgan fingerprint density at radius 2 is 2.06 bits per heavy atom. The number of alkyl halides is 3. The molecule has 0 saturated carbocycles. The molecule has 0 unspecified atom stereocenters. The molecule has 96 valence electrons. The SMILES string of the molecule is COCc1nccc(OS(=O)(=O)C(F)(F)F)n1. The number of methoxy groups -OCH3 is 1. The van der Waals surface area contributed by atoms with Crippen LogP contribution in [-0.4, -0.2) is 31.0 Å². The van der Waals surface area contributed by atoms with Crippen LogP contribution < -0.4 is 4.18 Å². The Bertz CT molecular complexity index is 488. The number of nitrogens with zero attached hydrogens (tertiary/aromatic N) is 2. The van der Waals surface area contributed by atoms with Crippen molar-refractivity contribution >= 4 is 10.1 Å². The van der Waals surface area contributed by atoms with Crippen molar-refractivity contribution in [3.63, 3.8) is 0 Å². The predicted molar refractivity (Wildman–Crippen MR) is 48.3 cm³/mol. The highest BCUT2D eigenvalue weighted by Gasteiger charge is 2.48. The lowest BCUT2D eigenvalue weighted by Crippen LogP contribution is -2.28. The van der Waals surface area contributed by atoms with Gasteiger partial charge in [-0.2, -0.15) is 26.6 Å². The number of rotatable bonds is 4. The maximum atomic E-state index is 12.0. The van der Waals surface area contributed by atoms with Crippen molar-refractivity contribution in [3.05, 3.63) is 18.1 Å². The molecular formula is C7H7F3N2O4S. The summed E-state index contributed by atoms with van der Waals surface area (Å²) in [5.74, 6) is -0.716. The minimum atomic E-state index is -5.71. The third-order valence-electron chi connectivity index (χ3n) is 1.43. The van der Waals surface area contributed by atoms with Crippen LogP contribution in [0.25, 0.3) is 0 Å². The van der Waals surface area contributed by atoms with Gasteiger partial charge in [-0.1, -0.05) is 0 Å². The largest absolute Gasteiger partial charge is 0.534 e. The second-order valence-electron chi connectivity index (χ2n) is 2.73. The lowest BCUT2D eigenvalue weighted by atomic mass is 10.5. The fourth-order valence-electron chi connectivity index (χ4n) is 0.785. The van der Waals surface area contributed by atoms with E-state index in [-0.39, 0.29) is 12.4 Å². The molecule has 6 nitrogen and oxygen atoms in total. The van der Waals surface area contributed by atoms with Crippen molar-refractivity contribution in [3.8, 4) is 5.88 Å². The molecule has 0 amide bonds. The zero-order valence-corrected chi connectivity index (χ0v) is 9.25. The summed E-state index contributed by atoms with van der Waals surface area (Å²) in [6.07, 6.45) is 1.06. The van der Waals surface area contributed by atoms with Crippen molar-refractivity contribution in [2.45, 2.75) is 12.1 Å². The molecule has 0 aliphatic heterocycles. The lowest BCUT2D eigenvalue weighted by Gasteiger charge is -2.08. The fraction of sp³-hybridized carbons (Fsp3) is 0.429. The van der Waals surface area contributed by atoms with E-state index in [0.717, 1.165) is 12.3 Å². The van der Waals surface area contributed by atoms with E-state index >= 15 is 0 Å². The maximum absolute atomic E-state index is 12.0. The summed E-state index contributed by atoms with van der Waals surface area (Å²) in [6, 6.07) is 0.891. The van der Waals surface area contributed by atoms with E-state index in [4.69, 9.17) is 0 Å². The van der Waals surface area contributed by atoms with Gasteiger partial charge in [0.2, 0.25) is 5.88 Å². The number of hydrogen-bond acceptors (Lipinski definition) is 6. The van der Waals surface area contributed by atoms with Crippen LogP contribution >= 0.6 is 0 Å². The van der Waals surface area contributed by atoms with Gasteiger partial charge in [-0.3, -0.25) is 0 Å². The van der Waals surface area contributed by atoms with Crippen molar-refractivity contribution in [2.24, 2.45) is 0 Å². The first-order valence-corrected chi connectivity index (χ1v) is 5.48. The van der Waals surface area contributed by atoms with E-state index in [1.165, 1.54) is 7.11 Å². The van der Waals surface area contributed by atoms with Crippen molar-refractivity contribution < 1.29 is 30.5 Å². The molecule has 0 aromatic carbocycles. The second-order valence-corrected chi connectivity index (χ2v) is 4.27. The molecule has 1 heterocycles. The number of halogens is 3. The average Bonchev–Trinajstić information content (AvgIpc) is 2.16. The minimum Gasteiger partial charge on any atom is -0.377 e. The highest BCUT2D eigenvalue weighted by molar-refractivity contribution is 7.87. The molecule has 0 bridgehead atoms. The van der Waals surface area contributed by atoms with E-state index in [9.17, 15) is 21.6 Å². The molecule has 0 spiro atoms. The zero-order valence-electron chi connectivity index (χ0n) is 8.43. The molecule has 0 radical (unpaired) electrons. The summed E-state index contributed by atoms with van der Waals surface area (Å²) < 4.78 is 65.7. The number of hydrogen-bond donors (Lipinski definition) is 0. The third kappa shape index (κ3) is 3.53. The fourth-order valence-corrected chi connectivity index (χ4v) is 1.20. The highest BCUT2D eigenvalue weighted by Crippen LogP contribution is 2.25. The van der Waals surface area contributed by atoms with E-state index < -0.39 is 21.5 Å². The molecule has 0 saturated heterocycles. The quantitative estimate of drug-likeness (QED) is 0.597. The lowest BCUT2D eigenvalue weighted by molar-refractivity contribution is -0.0501. The normalized spacial score (nSPS) is 12.5. The van der Waals surface area contributed by atoms with Crippen LogP contribution in [0.15, 0.2) is 12.3 Å². The molecule has 1 aromatic heterocycles. The van der Waals surface area contributed by atoms with Crippen LogP contribution in [0.5, 0.6) is 5.88 Å². The van der Waals surface area contributed by atoms with Crippen LogP contribution in [0.4, 0.5) is 13.2 Å². The summed E-state index contributed by atoms with van der Waals surface area (Å²) in [5, 5.41) is 0. The molecular weight excluding hydrogens is 265 g/mol.